The first kappa shape index (κ1) is 32.8. The van der Waals surface area contributed by atoms with Gasteiger partial charge in [-0.2, -0.15) is 25.9 Å². The van der Waals surface area contributed by atoms with Gasteiger partial charge in [0.25, 0.3) is 5.82 Å². The molecule has 0 bridgehead atoms. The zero-order valence-corrected chi connectivity index (χ0v) is 28.2. The highest BCUT2D eigenvalue weighted by Crippen LogP contribution is 2.41. The van der Waals surface area contributed by atoms with Gasteiger partial charge in [-0.3, -0.25) is 0 Å². The smallest absolute Gasteiger partial charge is 0.453 e. The number of fused-ring (bicyclic) bond motifs is 1. The molecule has 0 N–H and O–H groups in total. The van der Waals surface area contributed by atoms with Gasteiger partial charge in [0.15, 0.2) is 14.1 Å². The second-order valence-electron chi connectivity index (χ2n) is 12.7. The van der Waals surface area contributed by atoms with Crippen LogP contribution in [-0.4, -0.2) is 81.6 Å². The third kappa shape index (κ3) is 6.30. The second kappa shape index (κ2) is 11.4. The van der Waals surface area contributed by atoms with Crippen molar-refractivity contribution in [1.29, 1.82) is 0 Å². The van der Waals surface area contributed by atoms with Crippen molar-refractivity contribution in [3.05, 3.63) is 54.0 Å². The summed E-state index contributed by atoms with van der Waals surface area (Å²) in [5.41, 5.74) is 1.30. The summed E-state index contributed by atoms with van der Waals surface area (Å²) in [7, 11) is -1.79. The third-order valence-corrected chi connectivity index (χ3v) is 14.5. The summed E-state index contributed by atoms with van der Waals surface area (Å²) in [6.07, 6.45) is -2.16. The summed E-state index contributed by atoms with van der Waals surface area (Å²) in [6, 6.07) is 6.85. The third-order valence-electron chi connectivity index (χ3n) is 8.27. The number of hydrogen-bond acceptors (Lipinski definition) is 8. The molecule has 0 amide bonds. The molecule has 4 heterocycles. The van der Waals surface area contributed by atoms with Crippen molar-refractivity contribution < 1.29 is 30.8 Å². The van der Waals surface area contributed by atoms with Crippen molar-refractivity contribution in [3.8, 4) is 28.7 Å². The van der Waals surface area contributed by atoms with Gasteiger partial charge in [-0.1, -0.05) is 32.9 Å². The SMILES string of the molecule is COc1ccc(Cn2nc(C(F)(F)F)nc2-c2nc3n(c2-c2cn(S(=O)(=O)N(C)C)cn2)CC(O[Si](C)(C)C(C)(C)C)C3)cc1. The van der Waals surface area contributed by atoms with E-state index < -0.39 is 30.5 Å². The number of benzene rings is 1. The number of aromatic nitrogens is 7. The van der Waals surface area contributed by atoms with Gasteiger partial charge >= 0.3 is 16.4 Å². The molecular formula is C28H37F3N8O4SSi. The van der Waals surface area contributed by atoms with Gasteiger partial charge in [-0.15, -0.1) is 5.10 Å². The zero-order chi connectivity index (χ0) is 33.1. The minimum absolute atomic E-state index is 0.0371. The van der Waals surface area contributed by atoms with E-state index in [-0.39, 0.29) is 34.9 Å². The van der Waals surface area contributed by atoms with Gasteiger partial charge < -0.3 is 13.7 Å². The van der Waals surface area contributed by atoms with Crippen molar-refractivity contribution >= 4 is 18.5 Å². The molecule has 244 valence electrons. The Balaban J connectivity index is 1.65. The highest BCUT2D eigenvalue weighted by Gasteiger charge is 2.43. The molecule has 5 rings (SSSR count). The van der Waals surface area contributed by atoms with Crippen LogP contribution in [0.5, 0.6) is 5.75 Å². The molecule has 1 aliphatic rings. The van der Waals surface area contributed by atoms with Gasteiger partial charge in [0.2, 0.25) is 0 Å². The van der Waals surface area contributed by atoms with Crippen molar-refractivity contribution in [3.63, 3.8) is 0 Å². The number of alkyl halides is 3. The van der Waals surface area contributed by atoms with Crippen LogP contribution in [0, 0.1) is 0 Å². The first-order valence-corrected chi connectivity index (χ1v) is 18.5. The van der Waals surface area contributed by atoms with Crippen molar-refractivity contribution in [2.45, 2.75) is 70.7 Å². The van der Waals surface area contributed by atoms with E-state index in [1.807, 2.05) is 4.57 Å². The predicted molar refractivity (Wildman–Crippen MR) is 163 cm³/mol. The summed E-state index contributed by atoms with van der Waals surface area (Å²) in [5.74, 6) is -0.271. The lowest BCUT2D eigenvalue weighted by Crippen LogP contribution is -2.44. The molecule has 4 aromatic rings. The highest BCUT2D eigenvalue weighted by atomic mass is 32.2. The van der Waals surface area contributed by atoms with Gasteiger partial charge in [0.1, 0.15) is 29.3 Å². The summed E-state index contributed by atoms with van der Waals surface area (Å²) in [6.45, 7) is 11.0. The topological polar surface area (TPSA) is 122 Å². The minimum atomic E-state index is -4.81. The molecule has 45 heavy (non-hydrogen) atoms. The van der Waals surface area contributed by atoms with Gasteiger partial charge in [0.05, 0.1) is 31.6 Å². The average molecular weight is 667 g/mol. The molecule has 17 heteroatoms. The molecular weight excluding hydrogens is 630 g/mol. The maximum absolute atomic E-state index is 14.0. The number of imidazole rings is 2. The monoisotopic (exact) mass is 666 g/mol. The molecule has 0 saturated heterocycles. The van der Waals surface area contributed by atoms with Crippen molar-refractivity contribution in [2.24, 2.45) is 0 Å². The number of rotatable bonds is 9. The van der Waals surface area contributed by atoms with E-state index in [9.17, 15) is 21.6 Å². The van der Waals surface area contributed by atoms with E-state index >= 15 is 0 Å². The van der Waals surface area contributed by atoms with Crippen LogP contribution in [0.4, 0.5) is 13.2 Å². The lowest BCUT2D eigenvalue weighted by atomic mass is 10.2. The zero-order valence-electron chi connectivity index (χ0n) is 26.4. The Morgan fingerprint density at radius 2 is 1.76 bits per heavy atom. The predicted octanol–water partition coefficient (Wildman–Crippen LogP) is 4.68. The van der Waals surface area contributed by atoms with Gasteiger partial charge in [-0.25, -0.2) is 23.6 Å². The molecule has 1 aromatic carbocycles. The average Bonchev–Trinajstić information content (AvgIpc) is 3.71. The van der Waals surface area contributed by atoms with Gasteiger partial charge in [-0.05, 0) is 35.8 Å². The Kier molecular flexibility index (Phi) is 8.29. The van der Waals surface area contributed by atoms with Gasteiger partial charge in [0, 0.05) is 27.1 Å². The molecule has 1 aliphatic heterocycles. The van der Waals surface area contributed by atoms with E-state index in [0.717, 1.165) is 19.3 Å². The Morgan fingerprint density at radius 3 is 2.33 bits per heavy atom. The van der Waals surface area contributed by atoms with E-state index in [0.29, 0.717) is 35.8 Å². The van der Waals surface area contributed by atoms with Crippen molar-refractivity contribution in [1.82, 2.24) is 37.6 Å². The van der Waals surface area contributed by atoms with Crippen LogP contribution in [0.1, 0.15) is 38.0 Å². The molecule has 12 nitrogen and oxygen atoms in total. The van der Waals surface area contributed by atoms with E-state index in [2.05, 4.69) is 48.9 Å². The molecule has 0 aliphatic carbocycles. The first-order valence-electron chi connectivity index (χ1n) is 14.2. The first-order chi connectivity index (χ1) is 20.8. The standard InChI is InChI=1S/C28H37F3N8O4SSi/c1-27(2,3)45(7,8)43-20-13-22-33-23(24(38(22)15-20)21-16-37(17-32-21)44(40,41)36(4)5)25-34-26(28(29,30)31)35-39(25)14-18-9-11-19(42-6)12-10-18/h9-12,16-17,20H,13-15H2,1-8H3. The van der Waals surface area contributed by atoms with Crippen LogP contribution in [-0.2, 0) is 40.3 Å². The Labute approximate surface area is 261 Å². The quantitative estimate of drug-likeness (QED) is 0.236. The number of methoxy groups -OCH3 is 1. The lowest BCUT2D eigenvalue weighted by molar-refractivity contribution is -0.144. The lowest BCUT2D eigenvalue weighted by Gasteiger charge is -2.38. The fraction of sp³-hybridized carbons (Fsp3) is 0.500. The van der Waals surface area contributed by atoms with Crippen LogP contribution < -0.4 is 4.74 Å². The van der Waals surface area contributed by atoms with Crippen LogP contribution in [0.15, 0.2) is 36.8 Å². The second-order valence-corrected chi connectivity index (χ2v) is 19.5. The fourth-order valence-electron chi connectivity index (χ4n) is 4.81. The van der Waals surface area contributed by atoms with Crippen LogP contribution in [0.3, 0.4) is 0 Å². The summed E-state index contributed by atoms with van der Waals surface area (Å²) in [5, 5.41) is 3.78. The Bertz CT molecular complexity index is 1810. The minimum Gasteiger partial charge on any atom is -0.497 e. The van der Waals surface area contributed by atoms with Crippen molar-refractivity contribution in [2.75, 3.05) is 21.2 Å². The maximum atomic E-state index is 14.0. The van der Waals surface area contributed by atoms with Crippen LogP contribution in [0.2, 0.25) is 18.1 Å². The molecule has 1 atom stereocenters. The van der Waals surface area contributed by atoms with Crippen LogP contribution >= 0.6 is 0 Å². The molecule has 0 radical (unpaired) electrons. The molecule has 3 aromatic heterocycles. The van der Waals surface area contributed by atoms with E-state index in [1.165, 1.54) is 27.4 Å². The number of halogens is 3. The Morgan fingerprint density at radius 1 is 1.09 bits per heavy atom. The fourth-order valence-corrected chi connectivity index (χ4v) is 6.93. The van der Waals surface area contributed by atoms with E-state index in [1.54, 1.807) is 24.3 Å². The normalized spacial score (nSPS) is 16.0. The summed E-state index contributed by atoms with van der Waals surface area (Å²) in [4.78, 5) is 13.1. The number of ether oxygens (including phenoxy) is 1. The molecule has 0 spiro atoms. The van der Waals surface area contributed by atoms with E-state index in [4.69, 9.17) is 14.1 Å². The highest BCUT2D eigenvalue weighted by molar-refractivity contribution is 7.87. The maximum Gasteiger partial charge on any atom is 0.453 e. The Hall–Kier alpha value is -3.54. The van der Waals surface area contributed by atoms with Crippen LogP contribution in [0.25, 0.3) is 22.9 Å². The largest absolute Gasteiger partial charge is 0.497 e. The molecule has 0 fully saturated rings. The number of hydrogen-bond donors (Lipinski definition) is 0. The number of nitrogens with zero attached hydrogens (tertiary/aromatic N) is 8. The summed E-state index contributed by atoms with van der Waals surface area (Å²) < 4.78 is 84.4. The molecule has 1 unspecified atom stereocenters. The summed E-state index contributed by atoms with van der Waals surface area (Å²) >= 11 is 0. The molecule has 0 saturated carbocycles.